The first-order valence-electron chi connectivity index (χ1n) is 8.47. The largest absolute Gasteiger partial charge is 0.480 e. The Kier molecular flexibility index (Phi) is 6.12. The molecule has 2 rings (SSSR count). The van der Waals surface area contributed by atoms with Crippen LogP contribution in [0.25, 0.3) is 0 Å². The quantitative estimate of drug-likeness (QED) is 0.753. The van der Waals surface area contributed by atoms with Crippen molar-refractivity contribution in [3.63, 3.8) is 0 Å². The second kappa shape index (κ2) is 7.98. The maximum Gasteiger partial charge on any atom is 0.416 e. The van der Waals surface area contributed by atoms with Gasteiger partial charge >= 0.3 is 12.1 Å². The molecule has 3 unspecified atom stereocenters. The van der Waals surface area contributed by atoms with Crippen LogP contribution in [0.3, 0.4) is 0 Å². The molecule has 0 aliphatic heterocycles. The Morgan fingerprint density at radius 3 is 2.56 bits per heavy atom. The van der Waals surface area contributed by atoms with Gasteiger partial charge in [0.05, 0.1) is 5.56 Å². The lowest BCUT2D eigenvalue weighted by atomic mass is 10.0. The zero-order valence-corrected chi connectivity index (χ0v) is 14.9. The van der Waals surface area contributed by atoms with Crippen molar-refractivity contribution in [1.82, 2.24) is 10.2 Å². The van der Waals surface area contributed by atoms with Gasteiger partial charge in [0.25, 0.3) is 0 Å². The zero-order valence-electron chi connectivity index (χ0n) is 14.9. The van der Waals surface area contributed by atoms with E-state index in [1.807, 2.05) is 0 Å². The van der Waals surface area contributed by atoms with E-state index in [4.69, 9.17) is 0 Å². The summed E-state index contributed by atoms with van der Waals surface area (Å²) in [5.41, 5.74) is -0.368. The zero-order chi connectivity index (χ0) is 20.4. The van der Waals surface area contributed by atoms with E-state index in [0.717, 1.165) is 17.0 Å². The standard InChI is InChI=1S/C18H21F3N2O4/c1-10(17(26)27)23(7-6-22-11(2)24)16(25)15-9-14(15)12-4-3-5-13(8-12)18(19,20)21/h3-5,8,10,14-15H,6-7,9H2,1-2H3,(H,22,24)(H,26,27). The lowest BCUT2D eigenvalue weighted by Gasteiger charge is -2.27. The van der Waals surface area contributed by atoms with Crippen molar-refractivity contribution in [3.8, 4) is 0 Å². The van der Waals surface area contributed by atoms with Gasteiger partial charge in [0.2, 0.25) is 11.8 Å². The van der Waals surface area contributed by atoms with Gasteiger partial charge in [-0.15, -0.1) is 0 Å². The van der Waals surface area contributed by atoms with Crippen molar-refractivity contribution in [3.05, 3.63) is 35.4 Å². The fourth-order valence-electron chi connectivity index (χ4n) is 2.98. The molecule has 148 valence electrons. The van der Waals surface area contributed by atoms with Crippen molar-refractivity contribution in [1.29, 1.82) is 0 Å². The lowest BCUT2D eigenvalue weighted by molar-refractivity contribution is -0.150. The lowest BCUT2D eigenvalue weighted by Crippen LogP contribution is -2.47. The third kappa shape index (κ3) is 5.21. The summed E-state index contributed by atoms with van der Waals surface area (Å²) >= 11 is 0. The van der Waals surface area contributed by atoms with E-state index in [1.165, 1.54) is 26.0 Å². The Labute approximate surface area is 154 Å². The smallest absolute Gasteiger partial charge is 0.416 e. The minimum absolute atomic E-state index is 0.0116. The van der Waals surface area contributed by atoms with Crippen LogP contribution >= 0.6 is 0 Å². The average molecular weight is 386 g/mol. The SMILES string of the molecule is CC(=O)NCCN(C(=O)C1CC1c1cccc(C(F)(F)F)c1)C(C)C(=O)O. The first-order valence-corrected chi connectivity index (χ1v) is 8.47. The van der Waals surface area contributed by atoms with E-state index >= 15 is 0 Å². The van der Waals surface area contributed by atoms with Gasteiger partial charge in [0.15, 0.2) is 0 Å². The molecule has 0 radical (unpaired) electrons. The fourth-order valence-corrected chi connectivity index (χ4v) is 2.98. The average Bonchev–Trinajstić information content (AvgIpc) is 3.37. The van der Waals surface area contributed by atoms with E-state index in [2.05, 4.69) is 5.32 Å². The molecular formula is C18H21F3N2O4. The Bertz CT molecular complexity index is 736. The van der Waals surface area contributed by atoms with Crippen LogP contribution in [0.4, 0.5) is 13.2 Å². The summed E-state index contributed by atoms with van der Waals surface area (Å²) in [5.74, 6) is -2.87. The Morgan fingerprint density at radius 1 is 1.33 bits per heavy atom. The number of rotatable bonds is 7. The fraction of sp³-hybridized carbons (Fsp3) is 0.500. The van der Waals surface area contributed by atoms with Crippen molar-refractivity contribution < 1.29 is 32.7 Å². The number of carboxylic acids is 1. The summed E-state index contributed by atoms with van der Waals surface area (Å²) in [6.07, 6.45) is -4.10. The molecule has 2 N–H and O–H groups in total. The van der Waals surface area contributed by atoms with Gasteiger partial charge < -0.3 is 15.3 Å². The predicted octanol–water partition coefficient (Wildman–Crippen LogP) is 2.25. The molecule has 1 fully saturated rings. The first kappa shape index (κ1) is 20.7. The molecule has 6 nitrogen and oxygen atoms in total. The maximum absolute atomic E-state index is 12.9. The monoisotopic (exact) mass is 386 g/mol. The van der Waals surface area contributed by atoms with E-state index in [0.29, 0.717) is 12.0 Å². The number of hydrogen-bond donors (Lipinski definition) is 2. The number of carboxylic acid groups (broad SMARTS) is 1. The minimum Gasteiger partial charge on any atom is -0.480 e. The van der Waals surface area contributed by atoms with E-state index < -0.39 is 35.6 Å². The van der Waals surface area contributed by atoms with Crippen LogP contribution < -0.4 is 5.32 Å². The third-order valence-corrected chi connectivity index (χ3v) is 4.58. The molecule has 0 bridgehead atoms. The second-order valence-electron chi connectivity index (χ2n) is 6.60. The molecule has 27 heavy (non-hydrogen) atoms. The van der Waals surface area contributed by atoms with Crippen LogP contribution in [0, 0.1) is 5.92 Å². The first-order chi connectivity index (χ1) is 12.5. The highest BCUT2D eigenvalue weighted by atomic mass is 19.4. The van der Waals surface area contributed by atoms with Crippen LogP contribution in [0.1, 0.15) is 37.3 Å². The predicted molar refractivity (Wildman–Crippen MR) is 89.8 cm³/mol. The molecule has 0 spiro atoms. The molecule has 0 aromatic heterocycles. The molecule has 0 saturated heterocycles. The Hall–Kier alpha value is -2.58. The third-order valence-electron chi connectivity index (χ3n) is 4.58. The van der Waals surface area contributed by atoms with Crippen LogP contribution in [0.2, 0.25) is 0 Å². The van der Waals surface area contributed by atoms with Crippen LogP contribution in [0.5, 0.6) is 0 Å². The summed E-state index contributed by atoms with van der Waals surface area (Å²) in [4.78, 5) is 36.1. The maximum atomic E-state index is 12.9. The number of nitrogens with zero attached hydrogens (tertiary/aromatic N) is 1. The highest BCUT2D eigenvalue weighted by molar-refractivity contribution is 5.87. The van der Waals surface area contributed by atoms with Crippen LogP contribution in [0.15, 0.2) is 24.3 Å². The highest BCUT2D eigenvalue weighted by Gasteiger charge is 2.47. The number of aliphatic carboxylic acids is 1. The number of benzene rings is 1. The number of hydrogen-bond acceptors (Lipinski definition) is 3. The van der Waals surface area contributed by atoms with Crippen molar-refractivity contribution in [2.45, 2.75) is 38.4 Å². The number of halogens is 3. The molecule has 3 atom stereocenters. The second-order valence-corrected chi connectivity index (χ2v) is 6.60. The number of alkyl halides is 3. The minimum atomic E-state index is -4.47. The van der Waals surface area contributed by atoms with Gasteiger partial charge in [-0.05, 0) is 30.9 Å². The molecule has 0 heterocycles. The van der Waals surface area contributed by atoms with Gasteiger partial charge in [-0.25, -0.2) is 4.79 Å². The van der Waals surface area contributed by atoms with Gasteiger partial charge in [0.1, 0.15) is 6.04 Å². The van der Waals surface area contributed by atoms with Crippen LogP contribution in [-0.4, -0.2) is 46.9 Å². The topological polar surface area (TPSA) is 86.7 Å². The van der Waals surface area contributed by atoms with E-state index in [9.17, 15) is 32.7 Å². The molecule has 1 aliphatic rings. The number of carbonyl (C=O) groups excluding carboxylic acids is 2. The van der Waals surface area contributed by atoms with Crippen molar-refractivity contribution in [2.75, 3.05) is 13.1 Å². The van der Waals surface area contributed by atoms with E-state index in [1.54, 1.807) is 0 Å². The van der Waals surface area contributed by atoms with Crippen LogP contribution in [-0.2, 0) is 20.6 Å². The normalized spacial score (nSPS) is 19.9. The molecule has 1 aliphatic carbocycles. The van der Waals surface area contributed by atoms with Gasteiger partial charge in [-0.2, -0.15) is 13.2 Å². The number of nitrogens with one attached hydrogen (secondary N) is 1. The van der Waals surface area contributed by atoms with Gasteiger partial charge in [-0.1, -0.05) is 18.2 Å². The molecule has 9 heteroatoms. The summed E-state index contributed by atoms with van der Waals surface area (Å²) in [6.45, 7) is 2.77. The number of amides is 2. The molecule has 1 aromatic rings. The Morgan fingerprint density at radius 2 is 2.00 bits per heavy atom. The molecular weight excluding hydrogens is 365 g/mol. The highest BCUT2D eigenvalue weighted by Crippen LogP contribution is 2.49. The molecule has 1 saturated carbocycles. The van der Waals surface area contributed by atoms with Gasteiger partial charge in [-0.3, -0.25) is 9.59 Å². The summed E-state index contributed by atoms with van der Waals surface area (Å²) in [7, 11) is 0. The summed E-state index contributed by atoms with van der Waals surface area (Å²) in [6, 6.07) is 3.73. The molecule has 2 amide bonds. The Balaban J connectivity index is 2.11. The number of carbonyl (C=O) groups is 3. The summed E-state index contributed by atoms with van der Waals surface area (Å²) < 4.78 is 38.6. The molecule has 1 aromatic carbocycles. The van der Waals surface area contributed by atoms with Crippen molar-refractivity contribution >= 4 is 17.8 Å². The van der Waals surface area contributed by atoms with Crippen molar-refractivity contribution in [2.24, 2.45) is 5.92 Å². The summed E-state index contributed by atoms with van der Waals surface area (Å²) in [5, 5.41) is 11.7. The van der Waals surface area contributed by atoms with Gasteiger partial charge in [0, 0.05) is 25.9 Å². The van der Waals surface area contributed by atoms with E-state index in [-0.39, 0.29) is 24.9 Å².